The summed E-state index contributed by atoms with van der Waals surface area (Å²) in [5.41, 5.74) is 2.82. The third kappa shape index (κ3) is 8.99. The Morgan fingerprint density at radius 1 is 1.00 bits per heavy atom. The van der Waals surface area contributed by atoms with E-state index in [9.17, 15) is 19.7 Å². The zero-order valence-corrected chi connectivity index (χ0v) is 23.9. The lowest BCUT2D eigenvalue weighted by Gasteiger charge is -2.32. The van der Waals surface area contributed by atoms with Gasteiger partial charge >= 0.3 is 0 Å². The molecule has 0 aliphatic heterocycles. The van der Waals surface area contributed by atoms with Crippen molar-refractivity contribution in [2.24, 2.45) is 0 Å². The topological polar surface area (TPSA) is 92.6 Å². The molecule has 0 fully saturated rings. The number of rotatable bonds is 13. The number of hydrogen-bond donors (Lipinski definition) is 1. The van der Waals surface area contributed by atoms with Crippen molar-refractivity contribution >= 4 is 45.2 Å². The minimum absolute atomic E-state index is 0.0138. The number of thioether (sulfide) groups is 1. The third-order valence-corrected chi connectivity index (χ3v) is 7.64. The highest BCUT2D eigenvalue weighted by atomic mass is 79.9. The Labute approximate surface area is 236 Å². The van der Waals surface area contributed by atoms with Crippen LogP contribution in [0.2, 0.25) is 0 Å². The molecule has 0 bridgehead atoms. The predicted molar refractivity (Wildman–Crippen MR) is 156 cm³/mol. The molecule has 200 valence electrons. The maximum atomic E-state index is 13.7. The van der Waals surface area contributed by atoms with Crippen molar-refractivity contribution in [1.29, 1.82) is 0 Å². The number of amides is 2. The molecule has 0 aliphatic rings. The van der Waals surface area contributed by atoms with E-state index >= 15 is 0 Å². The Hall–Kier alpha value is -3.17. The standard InChI is InChI=1S/C29H32BrN3O4S/c1-3-21(2)31-29(35)27(17-22-8-5-4-6-9-22)32(18-24-10-7-11-25(30)16-24)28(34)20-38-19-23-12-14-26(15-13-23)33(36)37/h4-16,21,27H,3,17-20H2,1-2H3,(H,31,35)/t21-,27+/m0/s1. The Bertz CT molecular complexity index is 1220. The molecule has 7 nitrogen and oxygen atoms in total. The summed E-state index contributed by atoms with van der Waals surface area (Å²) in [6.07, 6.45) is 1.18. The van der Waals surface area contributed by atoms with Crippen molar-refractivity contribution in [2.45, 2.75) is 51.1 Å². The van der Waals surface area contributed by atoms with E-state index < -0.39 is 11.0 Å². The number of benzene rings is 3. The van der Waals surface area contributed by atoms with Crippen LogP contribution in [0.5, 0.6) is 0 Å². The van der Waals surface area contributed by atoms with Gasteiger partial charge in [-0.3, -0.25) is 19.7 Å². The average Bonchev–Trinajstić information content (AvgIpc) is 2.91. The van der Waals surface area contributed by atoms with Crippen molar-refractivity contribution in [3.8, 4) is 0 Å². The molecular weight excluding hydrogens is 566 g/mol. The van der Waals surface area contributed by atoms with Crippen LogP contribution in [0.25, 0.3) is 0 Å². The highest BCUT2D eigenvalue weighted by Gasteiger charge is 2.31. The summed E-state index contributed by atoms with van der Waals surface area (Å²) in [6.45, 7) is 4.26. The lowest BCUT2D eigenvalue weighted by atomic mass is 10.0. The van der Waals surface area contributed by atoms with Crippen molar-refractivity contribution in [1.82, 2.24) is 10.2 Å². The Balaban J connectivity index is 1.83. The fraction of sp³-hybridized carbons (Fsp3) is 0.310. The molecule has 0 aliphatic carbocycles. The molecule has 3 aromatic rings. The van der Waals surface area contributed by atoms with Gasteiger partial charge in [0, 0.05) is 41.4 Å². The second-order valence-electron chi connectivity index (χ2n) is 9.09. The van der Waals surface area contributed by atoms with Gasteiger partial charge in [-0.05, 0) is 42.2 Å². The molecule has 0 saturated heterocycles. The SMILES string of the molecule is CC[C@H](C)NC(=O)[C@@H](Cc1ccccc1)N(Cc1cccc(Br)c1)C(=O)CSCc1ccc([N+](=O)[O-])cc1. The number of nitrogens with zero attached hydrogens (tertiary/aromatic N) is 2. The Morgan fingerprint density at radius 2 is 1.68 bits per heavy atom. The molecule has 0 spiro atoms. The quantitative estimate of drug-likeness (QED) is 0.188. The summed E-state index contributed by atoms with van der Waals surface area (Å²) in [5, 5.41) is 14.0. The summed E-state index contributed by atoms with van der Waals surface area (Å²) < 4.78 is 0.901. The molecule has 1 N–H and O–H groups in total. The van der Waals surface area contributed by atoms with Crippen LogP contribution in [-0.2, 0) is 28.3 Å². The first kappa shape index (κ1) is 29.4. The summed E-state index contributed by atoms with van der Waals surface area (Å²) in [5.74, 6) is 0.382. The van der Waals surface area contributed by atoms with Crippen LogP contribution < -0.4 is 5.32 Å². The number of halogens is 1. The maximum absolute atomic E-state index is 13.7. The van der Waals surface area contributed by atoms with Crippen LogP contribution in [0.1, 0.15) is 37.0 Å². The summed E-state index contributed by atoms with van der Waals surface area (Å²) in [4.78, 5) is 39.4. The molecule has 38 heavy (non-hydrogen) atoms. The van der Waals surface area contributed by atoms with Gasteiger partial charge < -0.3 is 10.2 Å². The highest BCUT2D eigenvalue weighted by molar-refractivity contribution is 9.10. The van der Waals surface area contributed by atoms with Crippen LogP contribution in [0.3, 0.4) is 0 Å². The molecule has 3 rings (SSSR count). The Morgan fingerprint density at radius 3 is 2.32 bits per heavy atom. The largest absolute Gasteiger partial charge is 0.352 e. The molecule has 0 radical (unpaired) electrons. The van der Waals surface area contributed by atoms with E-state index in [-0.39, 0.29) is 29.3 Å². The third-order valence-electron chi connectivity index (χ3n) is 6.16. The number of nitrogens with one attached hydrogen (secondary N) is 1. The number of nitro groups is 1. The molecule has 0 aromatic heterocycles. The van der Waals surface area contributed by atoms with E-state index in [1.807, 2.05) is 68.4 Å². The minimum atomic E-state index is -0.683. The lowest BCUT2D eigenvalue weighted by molar-refractivity contribution is -0.384. The zero-order chi connectivity index (χ0) is 27.5. The van der Waals surface area contributed by atoms with E-state index in [2.05, 4.69) is 21.2 Å². The van der Waals surface area contributed by atoms with Crippen LogP contribution >= 0.6 is 27.7 Å². The van der Waals surface area contributed by atoms with Gasteiger partial charge in [-0.2, -0.15) is 0 Å². The Kier molecular flexibility index (Phi) is 11.4. The van der Waals surface area contributed by atoms with E-state index in [1.54, 1.807) is 17.0 Å². The minimum Gasteiger partial charge on any atom is -0.352 e. The summed E-state index contributed by atoms with van der Waals surface area (Å²) in [6, 6.07) is 23.1. The molecular formula is C29H32BrN3O4S. The lowest BCUT2D eigenvalue weighted by Crippen LogP contribution is -2.52. The molecule has 3 aromatic carbocycles. The number of hydrogen-bond acceptors (Lipinski definition) is 5. The fourth-order valence-electron chi connectivity index (χ4n) is 3.88. The van der Waals surface area contributed by atoms with Gasteiger partial charge in [0.1, 0.15) is 6.04 Å². The van der Waals surface area contributed by atoms with Gasteiger partial charge in [-0.25, -0.2) is 0 Å². The number of carbonyl (C=O) groups is 2. The van der Waals surface area contributed by atoms with Gasteiger partial charge in [0.2, 0.25) is 11.8 Å². The fourth-order valence-corrected chi connectivity index (χ4v) is 5.20. The molecule has 0 saturated carbocycles. The van der Waals surface area contributed by atoms with Crippen LogP contribution in [-0.4, -0.2) is 39.5 Å². The number of non-ortho nitro benzene ring substituents is 1. The van der Waals surface area contributed by atoms with Crippen LogP contribution in [0, 0.1) is 10.1 Å². The number of carbonyl (C=O) groups excluding carboxylic acids is 2. The smallest absolute Gasteiger partial charge is 0.269 e. The second-order valence-corrected chi connectivity index (χ2v) is 11.0. The molecule has 0 heterocycles. The molecule has 2 atom stereocenters. The monoisotopic (exact) mass is 597 g/mol. The second kappa shape index (κ2) is 14.7. The average molecular weight is 599 g/mol. The van der Waals surface area contributed by atoms with Gasteiger partial charge in [0.15, 0.2) is 0 Å². The van der Waals surface area contributed by atoms with E-state index in [0.717, 1.165) is 27.6 Å². The van der Waals surface area contributed by atoms with Crippen molar-refractivity contribution in [2.75, 3.05) is 5.75 Å². The van der Waals surface area contributed by atoms with Crippen molar-refractivity contribution in [3.63, 3.8) is 0 Å². The highest BCUT2D eigenvalue weighted by Crippen LogP contribution is 2.21. The molecule has 0 unspecified atom stereocenters. The number of nitro benzene ring substituents is 1. The van der Waals surface area contributed by atoms with Crippen LogP contribution in [0.15, 0.2) is 83.3 Å². The first-order valence-corrected chi connectivity index (χ1v) is 14.4. The molecule has 9 heteroatoms. The van der Waals surface area contributed by atoms with Gasteiger partial charge in [-0.1, -0.05) is 77.5 Å². The van der Waals surface area contributed by atoms with Gasteiger partial charge in [0.05, 0.1) is 10.7 Å². The molecule has 2 amide bonds. The van der Waals surface area contributed by atoms with E-state index in [4.69, 9.17) is 0 Å². The summed E-state index contributed by atoms with van der Waals surface area (Å²) in [7, 11) is 0. The first-order valence-electron chi connectivity index (χ1n) is 12.5. The summed E-state index contributed by atoms with van der Waals surface area (Å²) >= 11 is 4.93. The normalized spacial score (nSPS) is 12.4. The zero-order valence-electron chi connectivity index (χ0n) is 21.5. The predicted octanol–water partition coefficient (Wildman–Crippen LogP) is 6.15. The first-order chi connectivity index (χ1) is 18.3. The van der Waals surface area contributed by atoms with Crippen molar-refractivity contribution < 1.29 is 14.5 Å². The van der Waals surface area contributed by atoms with Crippen molar-refractivity contribution in [3.05, 3.63) is 110 Å². The van der Waals surface area contributed by atoms with Gasteiger partial charge in [-0.15, -0.1) is 11.8 Å². The van der Waals surface area contributed by atoms with Gasteiger partial charge in [0.25, 0.3) is 5.69 Å². The van der Waals surface area contributed by atoms with E-state index in [1.165, 1.54) is 23.9 Å². The van der Waals surface area contributed by atoms with E-state index in [0.29, 0.717) is 18.7 Å². The van der Waals surface area contributed by atoms with Crippen LogP contribution in [0.4, 0.5) is 5.69 Å². The maximum Gasteiger partial charge on any atom is 0.269 e.